The van der Waals surface area contributed by atoms with Crippen LogP contribution in [0.5, 0.6) is 0 Å². The molecule has 4 aromatic rings. The highest BCUT2D eigenvalue weighted by atomic mass is 16.5. The number of carbonyl (C=O) groups excluding carboxylic acids is 2. The van der Waals surface area contributed by atoms with Gasteiger partial charge in [-0.3, -0.25) is 9.59 Å². The summed E-state index contributed by atoms with van der Waals surface area (Å²) in [6.45, 7) is 5.08. The second-order valence-electron chi connectivity index (χ2n) is 8.22. The van der Waals surface area contributed by atoms with Crippen molar-refractivity contribution in [3.8, 4) is 11.3 Å². The van der Waals surface area contributed by atoms with Gasteiger partial charge in [0.05, 0.1) is 22.9 Å². The van der Waals surface area contributed by atoms with Crippen LogP contribution in [-0.4, -0.2) is 54.5 Å². The summed E-state index contributed by atoms with van der Waals surface area (Å²) in [5.74, 6) is 0.851. The first-order chi connectivity index (χ1) is 16.2. The summed E-state index contributed by atoms with van der Waals surface area (Å²) in [5.41, 5.74) is 4.36. The molecule has 1 N–H and O–H groups in total. The molecule has 1 fully saturated rings. The van der Waals surface area contributed by atoms with Crippen LogP contribution >= 0.6 is 0 Å². The van der Waals surface area contributed by atoms with E-state index in [0.717, 1.165) is 22.3 Å². The second-order valence-corrected chi connectivity index (χ2v) is 8.22. The molecule has 2 aromatic carbocycles. The van der Waals surface area contributed by atoms with Crippen molar-refractivity contribution in [1.29, 1.82) is 0 Å². The van der Waals surface area contributed by atoms with E-state index in [1.807, 2.05) is 37.3 Å². The fourth-order valence-corrected chi connectivity index (χ4v) is 4.82. The first-order valence-corrected chi connectivity index (χ1v) is 11.1. The highest BCUT2D eigenvalue weighted by molar-refractivity contribution is 6.28. The van der Waals surface area contributed by atoms with Crippen molar-refractivity contribution in [1.82, 2.24) is 10.1 Å². The molecule has 6 rings (SSSR count). The van der Waals surface area contributed by atoms with E-state index in [2.05, 4.69) is 15.4 Å². The molecule has 0 unspecified atom stereocenters. The Hall–Kier alpha value is -4.07. The van der Waals surface area contributed by atoms with Crippen molar-refractivity contribution in [2.75, 3.05) is 42.9 Å². The summed E-state index contributed by atoms with van der Waals surface area (Å²) >= 11 is 0. The molecule has 166 valence electrons. The van der Waals surface area contributed by atoms with Crippen molar-refractivity contribution in [3.05, 3.63) is 65.6 Å². The third kappa shape index (κ3) is 2.94. The van der Waals surface area contributed by atoms with E-state index in [0.29, 0.717) is 60.9 Å². The number of amides is 1. The van der Waals surface area contributed by atoms with E-state index >= 15 is 0 Å². The number of carbonyl (C=O) groups is 2. The van der Waals surface area contributed by atoms with Crippen LogP contribution in [0.1, 0.15) is 33.4 Å². The Bertz CT molecular complexity index is 1380. The van der Waals surface area contributed by atoms with Crippen molar-refractivity contribution in [3.63, 3.8) is 0 Å². The van der Waals surface area contributed by atoms with Gasteiger partial charge in [0.2, 0.25) is 0 Å². The molecule has 8 nitrogen and oxygen atoms in total. The van der Waals surface area contributed by atoms with E-state index < -0.39 is 0 Å². The first kappa shape index (κ1) is 19.6. The molecule has 1 aliphatic carbocycles. The molecule has 3 heterocycles. The minimum absolute atomic E-state index is 0.0253. The molecule has 33 heavy (non-hydrogen) atoms. The number of hydrogen-bond acceptors (Lipinski definition) is 7. The smallest absolute Gasteiger partial charge is 0.289 e. The summed E-state index contributed by atoms with van der Waals surface area (Å²) in [4.78, 5) is 30.1. The number of hydrogen-bond donors (Lipinski definition) is 1. The minimum Gasteiger partial charge on any atom is -0.459 e. The third-order valence-electron chi connectivity index (χ3n) is 6.39. The van der Waals surface area contributed by atoms with E-state index in [-0.39, 0.29) is 11.7 Å². The van der Waals surface area contributed by atoms with Crippen molar-refractivity contribution < 1.29 is 18.5 Å². The monoisotopic (exact) mass is 442 g/mol. The van der Waals surface area contributed by atoms with Crippen LogP contribution in [0.4, 0.5) is 11.4 Å². The Kier molecular flexibility index (Phi) is 4.46. The lowest BCUT2D eigenvalue weighted by Crippen LogP contribution is -2.48. The maximum Gasteiger partial charge on any atom is 0.289 e. The lowest BCUT2D eigenvalue weighted by atomic mass is 9.86. The van der Waals surface area contributed by atoms with E-state index in [1.54, 1.807) is 17.0 Å². The average Bonchev–Trinajstić information content (AvgIpc) is 3.54. The Morgan fingerprint density at radius 1 is 1.09 bits per heavy atom. The highest BCUT2D eigenvalue weighted by Crippen LogP contribution is 2.45. The molecular weight excluding hydrogens is 420 g/mol. The van der Waals surface area contributed by atoms with Crippen LogP contribution in [0.2, 0.25) is 0 Å². The number of fused-ring (bicyclic) bond motifs is 2. The first-order valence-electron chi connectivity index (χ1n) is 11.1. The minimum atomic E-state index is -0.103. The number of nitrogens with zero attached hydrogens (tertiary/aromatic N) is 3. The third-order valence-corrected chi connectivity index (χ3v) is 6.39. The molecule has 2 aliphatic rings. The number of benzene rings is 2. The predicted molar refractivity (Wildman–Crippen MR) is 124 cm³/mol. The fourth-order valence-electron chi connectivity index (χ4n) is 4.82. The van der Waals surface area contributed by atoms with Gasteiger partial charge in [0.15, 0.2) is 17.3 Å². The Balaban J connectivity index is 1.40. The number of piperazine rings is 1. The van der Waals surface area contributed by atoms with Crippen molar-refractivity contribution in [2.24, 2.45) is 0 Å². The summed E-state index contributed by atoms with van der Waals surface area (Å²) in [5, 5.41) is 8.52. The SMILES string of the molecule is CCNc1cc(N2CCN(C(=O)c3ccco3)CC2)c2noc3c2c1C(=O)c1ccccc1-3. The molecule has 0 spiro atoms. The molecule has 0 radical (unpaired) electrons. The summed E-state index contributed by atoms with van der Waals surface area (Å²) in [6.07, 6.45) is 1.51. The molecule has 2 aromatic heterocycles. The van der Waals surface area contributed by atoms with Gasteiger partial charge in [-0.15, -0.1) is 0 Å². The summed E-state index contributed by atoms with van der Waals surface area (Å²) in [6, 6.07) is 12.9. The lowest BCUT2D eigenvalue weighted by Gasteiger charge is -2.36. The van der Waals surface area contributed by atoms with Crippen LogP contribution in [0, 0.1) is 0 Å². The van der Waals surface area contributed by atoms with Crippen LogP contribution < -0.4 is 10.2 Å². The molecule has 1 aliphatic heterocycles. The highest BCUT2D eigenvalue weighted by Gasteiger charge is 2.34. The predicted octanol–water partition coefficient (Wildman–Crippen LogP) is 4.03. The number of furan rings is 1. The van der Waals surface area contributed by atoms with E-state index in [1.165, 1.54) is 6.26 Å². The topological polar surface area (TPSA) is 91.8 Å². The second kappa shape index (κ2) is 7.51. The number of rotatable bonds is 4. The quantitative estimate of drug-likeness (QED) is 0.449. The van der Waals surface area contributed by atoms with Gasteiger partial charge < -0.3 is 24.1 Å². The normalized spacial score (nSPS) is 15.1. The zero-order valence-electron chi connectivity index (χ0n) is 18.1. The van der Waals surface area contributed by atoms with Crippen LogP contribution in [0.3, 0.4) is 0 Å². The molecule has 1 saturated heterocycles. The molecule has 0 bridgehead atoms. The van der Waals surface area contributed by atoms with Crippen molar-refractivity contribution >= 4 is 34.0 Å². The Morgan fingerprint density at radius 2 is 1.88 bits per heavy atom. The van der Waals surface area contributed by atoms with Crippen molar-refractivity contribution in [2.45, 2.75) is 6.92 Å². The van der Waals surface area contributed by atoms with Crippen LogP contribution in [-0.2, 0) is 0 Å². The number of anilines is 2. The molecule has 0 saturated carbocycles. The summed E-state index contributed by atoms with van der Waals surface area (Å²) in [7, 11) is 0. The lowest BCUT2D eigenvalue weighted by molar-refractivity contribution is 0.0714. The van der Waals surface area contributed by atoms with Gasteiger partial charge in [0, 0.05) is 49.5 Å². The van der Waals surface area contributed by atoms with Gasteiger partial charge in [-0.05, 0) is 25.1 Å². The van der Waals surface area contributed by atoms with E-state index in [9.17, 15) is 9.59 Å². The van der Waals surface area contributed by atoms with Gasteiger partial charge in [-0.1, -0.05) is 29.4 Å². The maximum absolute atomic E-state index is 13.4. The summed E-state index contributed by atoms with van der Waals surface area (Å²) < 4.78 is 11.1. The molecular formula is C25H22N4O4. The van der Waals surface area contributed by atoms with Crippen LogP contribution in [0.25, 0.3) is 22.2 Å². The standard InChI is InChI=1S/C25H22N4O4/c1-2-26-17-14-18(28-9-11-29(12-10-28)25(31)19-8-5-13-32-19)22-21-20(17)23(30)15-6-3-4-7-16(15)24(21)33-27-22/h3-8,13-14,26H,2,9-12H2,1H3. The zero-order chi connectivity index (χ0) is 22.5. The molecule has 8 heteroatoms. The number of ketones is 1. The van der Waals surface area contributed by atoms with Gasteiger partial charge in [-0.2, -0.15) is 0 Å². The molecule has 0 atom stereocenters. The van der Waals surface area contributed by atoms with Gasteiger partial charge in [0.1, 0.15) is 5.52 Å². The van der Waals surface area contributed by atoms with Gasteiger partial charge in [0.25, 0.3) is 5.91 Å². The Morgan fingerprint density at radius 3 is 2.61 bits per heavy atom. The van der Waals surface area contributed by atoms with Gasteiger partial charge in [-0.25, -0.2) is 0 Å². The Labute approximate surface area is 189 Å². The largest absolute Gasteiger partial charge is 0.459 e. The van der Waals surface area contributed by atoms with Gasteiger partial charge >= 0.3 is 0 Å². The number of aromatic nitrogens is 1. The fraction of sp³-hybridized carbons (Fsp3) is 0.240. The molecule has 1 amide bonds. The zero-order valence-corrected chi connectivity index (χ0v) is 18.1. The number of nitrogens with one attached hydrogen (secondary N) is 1. The van der Waals surface area contributed by atoms with Crippen LogP contribution in [0.15, 0.2) is 57.7 Å². The van der Waals surface area contributed by atoms with E-state index in [4.69, 9.17) is 8.94 Å². The maximum atomic E-state index is 13.4. The average molecular weight is 442 g/mol.